The van der Waals surface area contributed by atoms with Crippen molar-refractivity contribution in [1.82, 2.24) is 10.8 Å². The van der Waals surface area contributed by atoms with Gasteiger partial charge in [-0.2, -0.15) is 5.48 Å². The van der Waals surface area contributed by atoms with Gasteiger partial charge >= 0.3 is 0 Å². The van der Waals surface area contributed by atoms with Crippen molar-refractivity contribution >= 4 is 28.3 Å². The Hall–Kier alpha value is 0.160. The van der Waals surface area contributed by atoms with Crippen LogP contribution in [-0.2, 0) is 0 Å². The van der Waals surface area contributed by atoms with E-state index in [0.29, 0.717) is 0 Å². The summed E-state index contributed by atoms with van der Waals surface area (Å²) in [6.07, 6.45) is -0.0486. The van der Waals surface area contributed by atoms with E-state index in [4.69, 9.17) is 17.4 Å². The van der Waals surface area contributed by atoms with Crippen LogP contribution in [0.1, 0.15) is 0 Å². The number of hydrogen-bond donors (Lipinski definition) is 3. The van der Waals surface area contributed by atoms with Gasteiger partial charge in [-0.3, -0.25) is 0 Å². The van der Waals surface area contributed by atoms with Gasteiger partial charge in [-0.15, -0.1) is 0 Å². The molecule has 0 aromatic rings. The van der Waals surface area contributed by atoms with Crippen molar-refractivity contribution in [2.45, 2.75) is 6.17 Å². The molecule has 1 aliphatic rings. The molecule has 0 bridgehead atoms. The summed E-state index contributed by atoms with van der Waals surface area (Å²) in [7, 11) is 0. The minimum absolute atomic E-state index is 0.0486. The molecule has 0 radical (unpaired) electrons. The summed E-state index contributed by atoms with van der Waals surface area (Å²) in [6, 6.07) is 0. The fourth-order valence-corrected chi connectivity index (χ4v) is 1.50. The van der Waals surface area contributed by atoms with Crippen molar-refractivity contribution in [2.75, 3.05) is 5.75 Å². The third-order valence-electron chi connectivity index (χ3n) is 0.829. The molecule has 5 heteroatoms. The standard InChI is InChI=1S/C3H6N2OS2/c6-5-2-1-8-3(7)4-2/h2,5-6H,1H2,(H,4,7). The lowest BCUT2D eigenvalue weighted by atomic mass is 10.6. The molecule has 1 aliphatic heterocycles. The lowest BCUT2D eigenvalue weighted by molar-refractivity contribution is 0.131. The van der Waals surface area contributed by atoms with Gasteiger partial charge < -0.3 is 10.5 Å². The minimum atomic E-state index is -0.0486. The molecule has 0 amide bonds. The van der Waals surface area contributed by atoms with Crippen LogP contribution in [0.5, 0.6) is 0 Å². The number of thiocarbonyl (C=S) groups is 1. The Morgan fingerprint density at radius 3 is 3.00 bits per heavy atom. The second kappa shape index (κ2) is 2.63. The third-order valence-corrected chi connectivity index (χ3v) is 2.18. The average molecular weight is 150 g/mol. The van der Waals surface area contributed by atoms with E-state index in [1.54, 1.807) is 0 Å². The van der Waals surface area contributed by atoms with Crippen molar-refractivity contribution in [2.24, 2.45) is 0 Å². The Labute approximate surface area is 56.8 Å². The van der Waals surface area contributed by atoms with Crippen molar-refractivity contribution in [3.63, 3.8) is 0 Å². The van der Waals surface area contributed by atoms with Crippen molar-refractivity contribution < 1.29 is 5.21 Å². The highest BCUT2D eigenvalue weighted by Crippen LogP contribution is 2.10. The van der Waals surface area contributed by atoms with E-state index in [0.717, 1.165) is 10.1 Å². The van der Waals surface area contributed by atoms with Crippen molar-refractivity contribution in [3.8, 4) is 0 Å². The highest BCUT2D eigenvalue weighted by Gasteiger charge is 2.16. The van der Waals surface area contributed by atoms with Gasteiger partial charge in [0, 0.05) is 5.75 Å². The number of nitrogens with one attached hydrogen (secondary N) is 2. The molecule has 3 N–H and O–H groups in total. The first-order valence-electron chi connectivity index (χ1n) is 2.16. The third kappa shape index (κ3) is 1.32. The van der Waals surface area contributed by atoms with Crippen LogP contribution >= 0.6 is 24.0 Å². The zero-order valence-corrected chi connectivity index (χ0v) is 5.68. The van der Waals surface area contributed by atoms with Crippen LogP contribution < -0.4 is 10.8 Å². The predicted octanol–water partition coefficient (Wildman–Crippen LogP) is -0.0874. The van der Waals surface area contributed by atoms with Crippen LogP contribution in [0.15, 0.2) is 0 Å². The molecular weight excluding hydrogens is 144 g/mol. The molecule has 1 atom stereocenters. The van der Waals surface area contributed by atoms with Gasteiger partial charge in [0.15, 0.2) is 0 Å². The summed E-state index contributed by atoms with van der Waals surface area (Å²) >= 11 is 6.29. The Morgan fingerprint density at radius 2 is 2.75 bits per heavy atom. The van der Waals surface area contributed by atoms with E-state index < -0.39 is 0 Å². The molecule has 0 aromatic heterocycles. The molecule has 8 heavy (non-hydrogen) atoms. The second-order valence-corrected chi connectivity index (χ2v) is 3.12. The first-order chi connectivity index (χ1) is 3.83. The largest absolute Gasteiger partial charge is 0.353 e. The topological polar surface area (TPSA) is 44.3 Å². The Bertz CT molecular complexity index is 107. The van der Waals surface area contributed by atoms with Crippen molar-refractivity contribution in [1.29, 1.82) is 0 Å². The summed E-state index contributed by atoms with van der Waals surface area (Å²) in [5.74, 6) is 0.801. The first kappa shape index (κ1) is 6.28. The normalized spacial score (nSPS) is 28.1. The summed E-state index contributed by atoms with van der Waals surface area (Å²) in [4.78, 5) is 0. The minimum Gasteiger partial charge on any atom is -0.353 e. The summed E-state index contributed by atoms with van der Waals surface area (Å²) in [5.41, 5.74) is 2.07. The molecule has 0 aliphatic carbocycles. The molecule has 0 aromatic carbocycles. The molecule has 46 valence electrons. The van der Waals surface area contributed by atoms with Gasteiger partial charge in [0.25, 0.3) is 0 Å². The van der Waals surface area contributed by atoms with Gasteiger partial charge in [0.05, 0.1) is 0 Å². The molecule has 3 nitrogen and oxygen atoms in total. The van der Waals surface area contributed by atoms with E-state index in [2.05, 4.69) is 10.8 Å². The first-order valence-corrected chi connectivity index (χ1v) is 3.55. The maximum atomic E-state index is 8.30. The molecule has 1 saturated heterocycles. The molecule has 1 fully saturated rings. The fourth-order valence-electron chi connectivity index (χ4n) is 0.454. The zero-order chi connectivity index (χ0) is 5.98. The maximum Gasteiger partial charge on any atom is 0.135 e. The van der Waals surface area contributed by atoms with Crippen molar-refractivity contribution in [3.05, 3.63) is 0 Å². The van der Waals surface area contributed by atoms with Crippen LogP contribution in [-0.4, -0.2) is 21.4 Å². The number of thioether (sulfide) groups is 1. The zero-order valence-electron chi connectivity index (χ0n) is 4.05. The van der Waals surface area contributed by atoms with E-state index in [1.165, 1.54) is 11.8 Å². The fraction of sp³-hybridized carbons (Fsp3) is 0.667. The SMILES string of the molecule is ONC1CSC(=S)N1. The summed E-state index contributed by atoms with van der Waals surface area (Å²) < 4.78 is 0.747. The Balaban J connectivity index is 2.32. The van der Waals surface area contributed by atoms with Crippen LogP contribution in [0.25, 0.3) is 0 Å². The molecule has 1 heterocycles. The average Bonchev–Trinajstić information content (AvgIpc) is 2.14. The van der Waals surface area contributed by atoms with E-state index in [9.17, 15) is 0 Å². The highest BCUT2D eigenvalue weighted by atomic mass is 32.2. The molecule has 0 spiro atoms. The van der Waals surface area contributed by atoms with Crippen LogP contribution in [0.2, 0.25) is 0 Å². The second-order valence-electron chi connectivity index (χ2n) is 1.42. The predicted molar refractivity (Wildman–Crippen MR) is 36.9 cm³/mol. The van der Waals surface area contributed by atoms with Gasteiger partial charge in [-0.1, -0.05) is 24.0 Å². The van der Waals surface area contributed by atoms with Crippen LogP contribution in [0, 0.1) is 0 Å². The quantitative estimate of drug-likeness (QED) is 0.360. The monoisotopic (exact) mass is 150 g/mol. The summed E-state index contributed by atoms with van der Waals surface area (Å²) in [5, 5.41) is 11.1. The molecule has 1 unspecified atom stereocenters. The van der Waals surface area contributed by atoms with Crippen LogP contribution in [0.4, 0.5) is 0 Å². The van der Waals surface area contributed by atoms with E-state index in [-0.39, 0.29) is 6.17 Å². The molecular formula is C3H6N2OS2. The van der Waals surface area contributed by atoms with Crippen LogP contribution in [0.3, 0.4) is 0 Å². The molecule has 0 saturated carbocycles. The van der Waals surface area contributed by atoms with Gasteiger partial charge in [0.2, 0.25) is 0 Å². The van der Waals surface area contributed by atoms with Gasteiger partial charge in [0.1, 0.15) is 10.5 Å². The van der Waals surface area contributed by atoms with Gasteiger partial charge in [-0.25, -0.2) is 0 Å². The van der Waals surface area contributed by atoms with E-state index in [1.807, 2.05) is 0 Å². The Morgan fingerprint density at radius 1 is 2.00 bits per heavy atom. The highest BCUT2D eigenvalue weighted by molar-refractivity contribution is 8.23. The molecule has 1 rings (SSSR count). The lowest BCUT2D eigenvalue weighted by Crippen LogP contribution is -2.38. The summed E-state index contributed by atoms with van der Waals surface area (Å²) in [6.45, 7) is 0. The number of rotatable bonds is 1. The number of hydroxylamine groups is 1. The smallest absolute Gasteiger partial charge is 0.135 e. The van der Waals surface area contributed by atoms with Gasteiger partial charge in [-0.05, 0) is 0 Å². The number of hydrogen-bond acceptors (Lipinski definition) is 4. The Kier molecular flexibility index (Phi) is 2.07. The van der Waals surface area contributed by atoms with E-state index >= 15 is 0 Å². The lowest BCUT2D eigenvalue weighted by Gasteiger charge is -2.03. The maximum absolute atomic E-state index is 8.30.